The van der Waals surface area contributed by atoms with E-state index in [0.29, 0.717) is 53.1 Å². The van der Waals surface area contributed by atoms with Crippen LogP contribution in [0, 0.1) is 6.57 Å². The Hall–Kier alpha value is -2.07. The van der Waals surface area contributed by atoms with E-state index in [1.54, 1.807) is 24.3 Å². The molecule has 0 bridgehead atoms. The highest BCUT2D eigenvalue weighted by Gasteiger charge is 2.28. The van der Waals surface area contributed by atoms with Gasteiger partial charge in [-0.1, -0.05) is 29.8 Å². The molecule has 0 radical (unpaired) electrons. The Morgan fingerprint density at radius 2 is 2.04 bits per heavy atom. The molecule has 1 aromatic heterocycles. The van der Waals surface area contributed by atoms with Gasteiger partial charge in [-0.05, 0) is 11.6 Å². The molecule has 0 amide bonds. The lowest BCUT2D eigenvalue weighted by molar-refractivity contribution is 0.0703. The van der Waals surface area contributed by atoms with Crippen LogP contribution < -0.4 is 4.90 Å². The number of morpholine rings is 1. The van der Waals surface area contributed by atoms with E-state index < -0.39 is 5.97 Å². The molecule has 1 saturated heterocycles. The number of aromatic carboxylic acids is 1. The maximum Gasteiger partial charge on any atom is 0.345 e. The fourth-order valence-electron chi connectivity index (χ4n) is 2.56. The Balaban J connectivity index is 2.21. The SMILES string of the molecule is [C-]#[N+]c1c(N2CCOCC2)sc(C(=O)O)c1-c1ccccc1Cl. The number of carboxylic acid groups (broad SMARTS) is 1. The number of halogens is 1. The summed E-state index contributed by atoms with van der Waals surface area (Å²) in [6, 6.07) is 7.00. The van der Waals surface area contributed by atoms with Gasteiger partial charge in [-0.15, -0.1) is 11.3 Å². The summed E-state index contributed by atoms with van der Waals surface area (Å²) in [4.78, 5) is 17.5. The van der Waals surface area contributed by atoms with Gasteiger partial charge in [0.25, 0.3) is 0 Å². The zero-order chi connectivity index (χ0) is 16.4. The summed E-state index contributed by atoms with van der Waals surface area (Å²) in [5.41, 5.74) is 1.33. The fourth-order valence-corrected chi connectivity index (χ4v) is 3.94. The van der Waals surface area contributed by atoms with Gasteiger partial charge >= 0.3 is 5.97 Å². The van der Waals surface area contributed by atoms with Crippen LogP contribution >= 0.6 is 22.9 Å². The number of anilines is 1. The van der Waals surface area contributed by atoms with Crippen LogP contribution in [0.3, 0.4) is 0 Å². The molecule has 1 aromatic carbocycles. The van der Waals surface area contributed by atoms with Crippen molar-refractivity contribution >= 4 is 39.6 Å². The molecular formula is C16H13ClN2O3S. The second-order valence-electron chi connectivity index (χ2n) is 4.96. The first-order valence-electron chi connectivity index (χ1n) is 6.98. The van der Waals surface area contributed by atoms with Crippen LogP contribution in [0.15, 0.2) is 24.3 Å². The molecule has 118 valence electrons. The molecule has 0 saturated carbocycles. The average molecular weight is 349 g/mol. The fraction of sp³-hybridized carbons (Fsp3) is 0.250. The van der Waals surface area contributed by atoms with Gasteiger partial charge in [-0.25, -0.2) is 9.64 Å². The summed E-state index contributed by atoms with van der Waals surface area (Å²) in [7, 11) is 0. The minimum Gasteiger partial charge on any atom is -0.477 e. The maximum absolute atomic E-state index is 11.7. The van der Waals surface area contributed by atoms with Crippen LogP contribution in [0.5, 0.6) is 0 Å². The number of nitrogens with zero attached hydrogens (tertiary/aromatic N) is 2. The molecule has 1 aliphatic rings. The molecule has 1 N–H and O–H groups in total. The van der Waals surface area contributed by atoms with Gasteiger partial charge in [0, 0.05) is 23.7 Å². The van der Waals surface area contributed by atoms with E-state index >= 15 is 0 Å². The van der Waals surface area contributed by atoms with Crippen molar-refractivity contribution in [3.63, 3.8) is 0 Å². The zero-order valence-electron chi connectivity index (χ0n) is 12.1. The third kappa shape index (κ3) is 2.91. The van der Waals surface area contributed by atoms with Crippen molar-refractivity contribution in [1.82, 2.24) is 0 Å². The lowest BCUT2D eigenvalue weighted by Crippen LogP contribution is -2.35. The molecule has 1 aliphatic heterocycles. The highest BCUT2D eigenvalue weighted by atomic mass is 35.5. The van der Waals surface area contributed by atoms with Gasteiger partial charge in [0.2, 0.25) is 5.69 Å². The number of thiophene rings is 1. The van der Waals surface area contributed by atoms with Crippen LogP contribution in [0.4, 0.5) is 10.7 Å². The smallest absolute Gasteiger partial charge is 0.345 e. The quantitative estimate of drug-likeness (QED) is 0.846. The molecule has 0 atom stereocenters. The van der Waals surface area contributed by atoms with Crippen LogP contribution in [-0.4, -0.2) is 37.4 Å². The third-order valence-electron chi connectivity index (χ3n) is 3.61. The first-order valence-corrected chi connectivity index (χ1v) is 8.18. The normalized spacial score (nSPS) is 14.5. The van der Waals surface area contributed by atoms with Crippen LogP contribution in [0.2, 0.25) is 5.02 Å². The van der Waals surface area contributed by atoms with E-state index in [2.05, 4.69) is 4.85 Å². The Labute approximate surface area is 142 Å². The molecule has 0 aliphatic carbocycles. The Bertz CT molecular complexity index is 791. The van der Waals surface area contributed by atoms with Gasteiger partial charge in [0.05, 0.1) is 24.8 Å². The van der Waals surface area contributed by atoms with Crippen LogP contribution in [0.1, 0.15) is 9.67 Å². The van der Waals surface area contributed by atoms with Gasteiger partial charge in [0.1, 0.15) is 4.88 Å². The first kappa shape index (κ1) is 15.8. The molecule has 3 rings (SSSR count). The van der Waals surface area contributed by atoms with Crippen molar-refractivity contribution in [2.45, 2.75) is 0 Å². The number of ether oxygens (including phenoxy) is 1. The van der Waals surface area contributed by atoms with E-state index in [-0.39, 0.29) is 4.88 Å². The second kappa shape index (κ2) is 6.59. The lowest BCUT2D eigenvalue weighted by Gasteiger charge is -2.28. The molecule has 0 unspecified atom stereocenters. The van der Waals surface area contributed by atoms with Crippen molar-refractivity contribution in [2.24, 2.45) is 0 Å². The highest BCUT2D eigenvalue weighted by molar-refractivity contribution is 7.19. The molecule has 1 fully saturated rings. The topological polar surface area (TPSA) is 54.1 Å². The summed E-state index contributed by atoms with van der Waals surface area (Å²) in [5, 5.41) is 10.7. The predicted octanol–water partition coefficient (Wildman–Crippen LogP) is 4.15. The Morgan fingerprint density at radius 1 is 1.35 bits per heavy atom. The largest absolute Gasteiger partial charge is 0.477 e. The third-order valence-corrected chi connectivity index (χ3v) is 5.17. The summed E-state index contributed by atoms with van der Waals surface area (Å²) in [6.07, 6.45) is 0. The van der Waals surface area contributed by atoms with Gasteiger partial charge in [-0.2, -0.15) is 0 Å². The number of hydrogen-bond donors (Lipinski definition) is 1. The predicted molar refractivity (Wildman–Crippen MR) is 91.0 cm³/mol. The molecule has 0 spiro atoms. The summed E-state index contributed by atoms with van der Waals surface area (Å²) < 4.78 is 5.33. The molecular weight excluding hydrogens is 336 g/mol. The zero-order valence-corrected chi connectivity index (χ0v) is 13.7. The number of rotatable bonds is 3. The minimum absolute atomic E-state index is 0.144. The lowest BCUT2D eigenvalue weighted by atomic mass is 10.0. The maximum atomic E-state index is 11.7. The van der Waals surface area contributed by atoms with Crippen molar-refractivity contribution in [3.8, 4) is 11.1 Å². The average Bonchev–Trinajstić information content (AvgIpc) is 2.95. The number of hydrogen-bond acceptors (Lipinski definition) is 4. The number of benzene rings is 1. The van der Waals surface area contributed by atoms with E-state index in [9.17, 15) is 9.90 Å². The number of carboxylic acids is 1. The number of carbonyl (C=O) groups is 1. The molecule has 7 heteroatoms. The standard InChI is InChI=1S/C16H13ClN2O3S/c1-18-13-12(10-4-2-3-5-11(10)17)14(16(20)21)23-15(13)19-6-8-22-9-7-19/h2-5H,6-9H2,(H,20,21). The van der Waals surface area contributed by atoms with E-state index in [1.165, 1.54) is 0 Å². The van der Waals surface area contributed by atoms with Crippen molar-refractivity contribution in [1.29, 1.82) is 0 Å². The van der Waals surface area contributed by atoms with Crippen molar-refractivity contribution < 1.29 is 14.6 Å². The Kier molecular flexibility index (Phi) is 4.53. The molecule has 23 heavy (non-hydrogen) atoms. The van der Waals surface area contributed by atoms with Crippen molar-refractivity contribution in [2.75, 3.05) is 31.2 Å². The molecule has 5 nitrogen and oxygen atoms in total. The first-order chi connectivity index (χ1) is 11.1. The van der Waals surface area contributed by atoms with Crippen LogP contribution in [0.25, 0.3) is 16.0 Å². The monoisotopic (exact) mass is 348 g/mol. The highest BCUT2D eigenvalue weighted by Crippen LogP contribution is 2.49. The van der Waals surface area contributed by atoms with E-state index in [0.717, 1.165) is 11.3 Å². The summed E-state index contributed by atoms with van der Waals surface area (Å²) >= 11 is 7.36. The van der Waals surface area contributed by atoms with Gasteiger partial charge < -0.3 is 14.7 Å². The molecule has 2 aromatic rings. The van der Waals surface area contributed by atoms with Crippen molar-refractivity contribution in [3.05, 3.63) is 45.6 Å². The molecule has 2 heterocycles. The van der Waals surface area contributed by atoms with E-state index in [1.807, 2.05) is 4.90 Å². The van der Waals surface area contributed by atoms with Crippen LogP contribution in [-0.2, 0) is 4.74 Å². The summed E-state index contributed by atoms with van der Waals surface area (Å²) in [6.45, 7) is 9.98. The van der Waals surface area contributed by atoms with Gasteiger partial charge in [0.15, 0.2) is 0 Å². The second-order valence-corrected chi connectivity index (χ2v) is 6.36. The Morgan fingerprint density at radius 3 is 2.65 bits per heavy atom. The van der Waals surface area contributed by atoms with E-state index in [4.69, 9.17) is 22.9 Å². The minimum atomic E-state index is -1.05. The van der Waals surface area contributed by atoms with Gasteiger partial charge in [-0.3, -0.25) is 0 Å². The summed E-state index contributed by atoms with van der Waals surface area (Å²) in [5.74, 6) is -1.05.